The van der Waals surface area contributed by atoms with E-state index in [-0.39, 0.29) is 35.2 Å². The third kappa shape index (κ3) is 2.94. The zero-order valence-electron chi connectivity index (χ0n) is 17.9. The van der Waals surface area contributed by atoms with Crippen LogP contribution in [0.15, 0.2) is 35.6 Å². The third-order valence-electron chi connectivity index (χ3n) is 6.15. The molecular formula is C23H19N5O6. The molecule has 5 heterocycles. The van der Waals surface area contributed by atoms with Gasteiger partial charge < -0.3 is 28.8 Å². The molecule has 0 spiro atoms. The van der Waals surface area contributed by atoms with E-state index in [1.807, 2.05) is 10.8 Å². The Labute approximate surface area is 191 Å². The van der Waals surface area contributed by atoms with Crippen LogP contribution < -0.4 is 15.0 Å². The Morgan fingerprint density at radius 2 is 1.94 bits per heavy atom. The lowest BCUT2D eigenvalue weighted by atomic mass is 10.0. The molecule has 1 aliphatic carbocycles. The quantitative estimate of drug-likeness (QED) is 0.379. The summed E-state index contributed by atoms with van der Waals surface area (Å²) in [6.45, 7) is 0.0932. The van der Waals surface area contributed by atoms with Crippen molar-refractivity contribution in [1.82, 2.24) is 24.1 Å². The third-order valence-corrected chi connectivity index (χ3v) is 6.15. The van der Waals surface area contributed by atoms with Crippen molar-refractivity contribution in [3.63, 3.8) is 0 Å². The minimum Gasteiger partial charge on any atom is -0.452 e. The fourth-order valence-corrected chi connectivity index (χ4v) is 4.55. The molecule has 0 saturated heterocycles. The predicted octanol–water partition coefficient (Wildman–Crippen LogP) is 1.00. The molecule has 0 saturated carbocycles. The Morgan fingerprint density at radius 3 is 2.71 bits per heavy atom. The van der Waals surface area contributed by atoms with Gasteiger partial charge in [0.15, 0.2) is 11.5 Å². The van der Waals surface area contributed by atoms with Crippen molar-refractivity contribution in [2.24, 2.45) is 0 Å². The first-order valence-electron chi connectivity index (χ1n) is 10.7. The van der Waals surface area contributed by atoms with Gasteiger partial charge in [-0.2, -0.15) is 0 Å². The highest BCUT2D eigenvalue weighted by molar-refractivity contribution is 6.26. The summed E-state index contributed by atoms with van der Waals surface area (Å²) in [6, 6.07) is 3.13. The molecule has 172 valence electrons. The van der Waals surface area contributed by atoms with Crippen LogP contribution in [0.1, 0.15) is 33.6 Å². The normalized spacial score (nSPS) is 13.5. The maximum Gasteiger partial charge on any atom is 0.277 e. The molecule has 11 nitrogen and oxygen atoms in total. The molecule has 0 amide bonds. The fourth-order valence-electron chi connectivity index (χ4n) is 4.55. The van der Waals surface area contributed by atoms with E-state index in [0.29, 0.717) is 53.2 Å². The Bertz CT molecular complexity index is 1530. The van der Waals surface area contributed by atoms with Crippen LogP contribution in [0, 0.1) is 0 Å². The highest BCUT2D eigenvalue weighted by Gasteiger charge is 2.37. The Balaban J connectivity index is 1.59. The number of ketones is 1. The average Bonchev–Trinajstić information content (AvgIpc) is 3.59. The van der Waals surface area contributed by atoms with Crippen LogP contribution in [0.5, 0.6) is 11.6 Å². The number of nitrogens with zero attached hydrogens (tertiary/aromatic N) is 5. The first-order valence-corrected chi connectivity index (χ1v) is 10.7. The number of aliphatic hydroxyl groups excluding tert-OH is 2. The first-order chi connectivity index (χ1) is 16.6. The van der Waals surface area contributed by atoms with Crippen molar-refractivity contribution in [3.05, 3.63) is 63.6 Å². The van der Waals surface area contributed by atoms with Crippen molar-refractivity contribution in [3.8, 4) is 23.0 Å². The predicted molar refractivity (Wildman–Crippen MR) is 117 cm³/mol. The number of hydrogen-bond acceptors (Lipinski definition) is 9. The molecule has 11 heteroatoms. The van der Waals surface area contributed by atoms with E-state index in [1.165, 1.54) is 4.57 Å². The van der Waals surface area contributed by atoms with Crippen molar-refractivity contribution >= 4 is 16.7 Å². The monoisotopic (exact) mass is 461 g/mol. The number of imidazole rings is 1. The Hall–Kier alpha value is -4.09. The second kappa shape index (κ2) is 7.75. The summed E-state index contributed by atoms with van der Waals surface area (Å²) in [7, 11) is 0. The highest BCUT2D eigenvalue weighted by atomic mass is 16.7. The van der Waals surface area contributed by atoms with Gasteiger partial charge in [-0.25, -0.2) is 15.0 Å². The van der Waals surface area contributed by atoms with Crippen molar-refractivity contribution in [2.45, 2.75) is 32.7 Å². The molecule has 2 N–H and O–H groups in total. The molecule has 1 aliphatic heterocycles. The minimum absolute atomic E-state index is 0.00935. The molecule has 2 aliphatic rings. The average molecular weight is 461 g/mol. The number of pyridine rings is 3. The Kier molecular flexibility index (Phi) is 4.67. The molecule has 0 bridgehead atoms. The van der Waals surface area contributed by atoms with E-state index < -0.39 is 18.8 Å². The van der Waals surface area contributed by atoms with Crippen molar-refractivity contribution in [1.29, 1.82) is 0 Å². The zero-order chi connectivity index (χ0) is 23.4. The summed E-state index contributed by atoms with van der Waals surface area (Å²) in [5, 5.41) is 19.8. The van der Waals surface area contributed by atoms with Gasteiger partial charge in [-0.05, 0) is 18.6 Å². The number of carbonyl (C=O) groups excluding carboxylic acids is 1. The second-order valence-electron chi connectivity index (χ2n) is 8.06. The van der Waals surface area contributed by atoms with Crippen LogP contribution >= 0.6 is 0 Å². The van der Waals surface area contributed by atoms with E-state index in [0.717, 1.165) is 0 Å². The Morgan fingerprint density at radius 1 is 1.06 bits per heavy atom. The van der Waals surface area contributed by atoms with Gasteiger partial charge in [-0.15, -0.1) is 0 Å². The van der Waals surface area contributed by atoms with E-state index >= 15 is 0 Å². The molecule has 0 aromatic carbocycles. The largest absolute Gasteiger partial charge is 0.452 e. The van der Waals surface area contributed by atoms with Gasteiger partial charge in [-0.1, -0.05) is 0 Å². The lowest BCUT2D eigenvalue weighted by Gasteiger charge is -2.16. The summed E-state index contributed by atoms with van der Waals surface area (Å²) >= 11 is 0. The van der Waals surface area contributed by atoms with Crippen LogP contribution in [-0.2, 0) is 26.3 Å². The SMILES string of the molecule is O=C1c2cc3c(nc2-c2c1c1cc(CO)c(CO)nc1c(=O)n2CCCn1ccnc1)OCO3. The summed E-state index contributed by atoms with van der Waals surface area (Å²) in [4.78, 5) is 40.1. The molecular weight excluding hydrogens is 442 g/mol. The molecule has 0 radical (unpaired) electrons. The number of aromatic nitrogens is 5. The van der Waals surface area contributed by atoms with Crippen molar-refractivity contribution < 1.29 is 24.5 Å². The van der Waals surface area contributed by atoms with Gasteiger partial charge >= 0.3 is 0 Å². The number of rotatable bonds is 6. The molecule has 0 atom stereocenters. The summed E-state index contributed by atoms with van der Waals surface area (Å²) in [5.74, 6) is 0.322. The van der Waals surface area contributed by atoms with Gasteiger partial charge in [0.2, 0.25) is 6.79 Å². The fraction of sp³-hybridized carbons (Fsp3) is 0.261. The van der Waals surface area contributed by atoms with Crippen LogP contribution in [0.2, 0.25) is 0 Å². The minimum atomic E-state index is -0.444. The van der Waals surface area contributed by atoms with E-state index in [4.69, 9.17) is 9.47 Å². The lowest BCUT2D eigenvalue weighted by Crippen LogP contribution is -2.25. The first kappa shape index (κ1) is 20.5. The highest BCUT2D eigenvalue weighted by Crippen LogP contribution is 2.43. The maximum absolute atomic E-state index is 13.6. The number of ether oxygens (including phenoxy) is 2. The standard InChI is InChI=1S/C23H19N5O6/c29-8-12-6-13-17-20(18-14(21(17)31)7-16-22(26-18)34-11-33-16)28(4-1-3-27-5-2-24-10-27)23(32)19(13)25-15(12)9-30/h2,5-7,10,29-30H,1,3-4,8-9,11H2. The van der Waals surface area contributed by atoms with Crippen LogP contribution in [0.3, 0.4) is 0 Å². The lowest BCUT2D eigenvalue weighted by molar-refractivity contribution is 0.104. The van der Waals surface area contributed by atoms with Gasteiger partial charge in [0.1, 0.15) is 11.2 Å². The van der Waals surface area contributed by atoms with Crippen LogP contribution in [0.25, 0.3) is 22.3 Å². The van der Waals surface area contributed by atoms with E-state index in [9.17, 15) is 19.8 Å². The smallest absolute Gasteiger partial charge is 0.277 e. The molecule has 4 aromatic heterocycles. The second-order valence-corrected chi connectivity index (χ2v) is 8.06. The topological polar surface area (TPSA) is 142 Å². The van der Waals surface area contributed by atoms with Crippen LogP contribution in [0.4, 0.5) is 0 Å². The van der Waals surface area contributed by atoms with E-state index in [1.54, 1.807) is 24.7 Å². The summed E-state index contributed by atoms with van der Waals surface area (Å²) < 4.78 is 14.2. The molecule has 0 unspecified atom stereocenters. The number of aryl methyl sites for hydroxylation is 1. The number of fused-ring (bicyclic) bond motifs is 6. The molecule has 4 aromatic rings. The number of carbonyl (C=O) groups is 1. The zero-order valence-corrected chi connectivity index (χ0v) is 17.9. The molecule has 0 fully saturated rings. The summed E-state index contributed by atoms with van der Waals surface area (Å²) in [5.41, 5.74) is 1.54. The number of hydrogen-bond donors (Lipinski definition) is 2. The molecule has 6 rings (SSSR count). The van der Waals surface area contributed by atoms with Gasteiger partial charge in [0, 0.05) is 36.4 Å². The maximum atomic E-state index is 13.6. The van der Waals surface area contributed by atoms with Gasteiger partial charge in [0.05, 0.1) is 42.1 Å². The summed E-state index contributed by atoms with van der Waals surface area (Å²) in [6.07, 6.45) is 5.80. The van der Waals surface area contributed by atoms with Gasteiger partial charge in [0.25, 0.3) is 11.4 Å². The van der Waals surface area contributed by atoms with E-state index in [2.05, 4.69) is 15.0 Å². The number of aliphatic hydroxyl groups is 2. The van der Waals surface area contributed by atoms with Crippen LogP contribution in [-0.4, -0.2) is 46.9 Å². The van der Waals surface area contributed by atoms with Gasteiger partial charge in [-0.3, -0.25) is 9.59 Å². The van der Waals surface area contributed by atoms with Crippen molar-refractivity contribution in [2.75, 3.05) is 6.79 Å². The molecule has 34 heavy (non-hydrogen) atoms.